The molecule has 1 rings (SSSR count). The molecule has 13 heavy (non-hydrogen) atoms. The molecule has 0 aliphatic rings. The first kappa shape index (κ1) is 10.1. The normalized spacial score (nSPS) is 10.5. The Kier molecular flexibility index (Phi) is 2.98. The maximum atomic E-state index is 12.3. The van der Waals surface area contributed by atoms with Gasteiger partial charge < -0.3 is 0 Å². The fourth-order valence-corrected chi connectivity index (χ4v) is 1.33. The molecular formula is C9H7ClF2O. The van der Waals surface area contributed by atoms with E-state index in [1.54, 1.807) is 0 Å². The lowest BCUT2D eigenvalue weighted by Gasteiger charge is -2.05. The molecule has 0 N–H and O–H groups in total. The van der Waals surface area contributed by atoms with Gasteiger partial charge >= 0.3 is 0 Å². The average molecular weight is 205 g/mol. The fourth-order valence-electron chi connectivity index (χ4n) is 0.990. The standard InChI is InChI=1S/C9H7ClF2O/c1-5(13)6-3-2-4-7(8(6)10)9(11)12/h2-4,9H,1H3. The largest absolute Gasteiger partial charge is 0.294 e. The van der Waals surface area contributed by atoms with Gasteiger partial charge in [0.1, 0.15) is 0 Å². The molecule has 0 radical (unpaired) electrons. The summed E-state index contributed by atoms with van der Waals surface area (Å²) in [5.74, 6) is -0.312. The maximum Gasteiger partial charge on any atom is 0.265 e. The number of benzene rings is 1. The van der Waals surface area contributed by atoms with E-state index in [2.05, 4.69) is 0 Å². The Bertz CT molecular complexity index is 336. The third-order valence-corrected chi connectivity index (χ3v) is 2.06. The Balaban J connectivity index is 3.26. The lowest BCUT2D eigenvalue weighted by molar-refractivity contribution is 0.101. The van der Waals surface area contributed by atoms with Crippen molar-refractivity contribution in [3.8, 4) is 0 Å². The number of halogens is 3. The van der Waals surface area contributed by atoms with Gasteiger partial charge in [-0.05, 0) is 13.0 Å². The van der Waals surface area contributed by atoms with Gasteiger partial charge in [-0.3, -0.25) is 4.79 Å². The van der Waals surface area contributed by atoms with E-state index in [1.165, 1.54) is 25.1 Å². The zero-order valence-corrected chi connectivity index (χ0v) is 7.61. The number of rotatable bonds is 2. The van der Waals surface area contributed by atoms with E-state index < -0.39 is 6.43 Å². The zero-order chi connectivity index (χ0) is 10.0. The molecule has 0 saturated carbocycles. The highest BCUT2D eigenvalue weighted by molar-refractivity contribution is 6.34. The number of hydrogen-bond acceptors (Lipinski definition) is 1. The fraction of sp³-hybridized carbons (Fsp3) is 0.222. The summed E-state index contributed by atoms with van der Waals surface area (Å²) >= 11 is 5.60. The molecular weight excluding hydrogens is 198 g/mol. The van der Waals surface area contributed by atoms with Crippen molar-refractivity contribution in [2.45, 2.75) is 13.3 Å². The highest BCUT2D eigenvalue weighted by Crippen LogP contribution is 2.29. The SMILES string of the molecule is CC(=O)c1cccc(C(F)F)c1Cl. The second-order valence-electron chi connectivity index (χ2n) is 2.57. The second-order valence-corrected chi connectivity index (χ2v) is 2.94. The van der Waals surface area contributed by atoms with Gasteiger partial charge in [0.15, 0.2) is 5.78 Å². The predicted molar refractivity (Wildman–Crippen MR) is 46.4 cm³/mol. The molecule has 0 spiro atoms. The van der Waals surface area contributed by atoms with E-state index in [0.29, 0.717) is 0 Å². The van der Waals surface area contributed by atoms with Gasteiger partial charge in [-0.15, -0.1) is 0 Å². The summed E-state index contributed by atoms with van der Waals surface area (Å²) < 4.78 is 24.6. The van der Waals surface area contributed by atoms with E-state index in [4.69, 9.17) is 11.6 Å². The van der Waals surface area contributed by atoms with Crippen molar-refractivity contribution in [3.05, 3.63) is 34.3 Å². The van der Waals surface area contributed by atoms with Crippen LogP contribution in [0.15, 0.2) is 18.2 Å². The summed E-state index contributed by atoms with van der Waals surface area (Å²) in [6, 6.07) is 4.03. The number of ketones is 1. The molecule has 0 aromatic heterocycles. The highest BCUT2D eigenvalue weighted by atomic mass is 35.5. The molecule has 0 fully saturated rings. The maximum absolute atomic E-state index is 12.3. The van der Waals surface area contributed by atoms with E-state index in [0.717, 1.165) is 0 Å². The van der Waals surface area contributed by atoms with Gasteiger partial charge in [0.05, 0.1) is 5.02 Å². The molecule has 0 bridgehead atoms. The number of hydrogen-bond donors (Lipinski definition) is 0. The number of alkyl halides is 2. The van der Waals surface area contributed by atoms with Gasteiger partial charge in [0.25, 0.3) is 6.43 Å². The summed E-state index contributed by atoms with van der Waals surface area (Å²) in [5, 5.41) is -0.148. The third kappa shape index (κ3) is 2.04. The van der Waals surface area contributed by atoms with E-state index in [-0.39, 0.29) is 21.9 Å². The van der Waals surface area contributed by atoms with Crippen molar-refractivity contribution in [2.75, 3.05) is 0 Å². The Morgan fingerprint density at radius 2 is 2.08 bits per heavy atom. The first-order valence-corrected chi connectivity index (χ1v) is 3.99. The lowest BCUT2D eigenvalue weighted by Crippen LogP contribution is -1.96. The Hall–Kier alpha value is -0.960. The van der Waals surface area contributed by atoms with E-state index >= 15 is 0 Å². The van der Waals surface area contributed by atoms with Crippen LogP contribution in [0.4, 0.5) is 8.78 Å². The van der Waals surface area contributed by atoms with Crippen LogP contribution in [0.2, 0.25) is 5.02 Å². The van der Waals surface area contributed by atoms with Crippen molar-refractivity contribution in [3.63, 3.8) is 0 Å². The van der Waals surface area contributed by atoms with Gasteiger partial charge in [0.2, 0.25) is 0 Å². The Labute approximate surface area is 79.3 Å². The van der Waals surface area contributed by atoms with Crippen molar-refractivity contribution in [1.82, 2.24) is 0 Å². The lowest BCUT2D eigenvalue weighted by atomic mass is 10.1. The van der Waals surface area contributed by atoms with Crippen molar-refractivity contribution in [1.29, 1.82) is 0 Å². The minimum Gasteiger partial charge on any atom is -0.294 e. The topological polar surface area (TPSA) is 17.1 Å². The van der Waals surface area contributed by atoms with Gasteiger partial charge in [-0.2, -0.15) is 0 Å². The van der Waals surface area contributed by atoms with E-state index in [9.17, 15) is 13.6 Å². The molecule has 0 aliphatic heterocycles. The van der Waals surface area contributed by atoms with Gasteiger partial charge in [-0.25, -0.2) is 8.78 Å². The number of carbonyl (C=O) groups excluding carboxylic acids is 1. The van der Waals surface area contributed by atoms with Crippen LogP contribution < -0.4 is 0 Å². The van der Waals surface area contributed by atoms with Crippen LogP contribution in [0.5, 0.6) is 0 Å². The summed E-state index contributed by atoms with van der Waals surface area (Å²) in [7, 11) is 0. The zero-order valence-electron chi connectivity index (χ0n) is 6.85. The van der Waals surface area contributed by atoms with Crippen LogP contribution in [0.25, 0.3) is 0 Å². The molecule has 0 saturated heterocycles. The van der Waals surface area contributed by atoms with Crippen molar-refractivity contribution >= 4 is 17.4 Å². The van der Waals surface area contributed by atoms with Gasteiger partial charge in [-0.1, -0.05) is 23.7 Å². The first-order chi connectivity index (χ1) is 6.04. The quantitative estimate of drug-likeness (QED) is 0.674. The number of carbonyl (C=O) groups is 1. The molecule has 1 nitrogen and oxygen atoms in total. The molecule has 70 valence electrons. The molecule has 1 aromatic carbocycles. The first-order valence-electron chi connectivity index (χ1n) is 3.61. The summed E-state index contributed by atoms with van der Waals surface area (Å²) in [4.78, 5) is 10.9. The van der Waals surface area contributed by atoms with Crippen LogP contribution in [0.3, 0.4) is 0 Å². The monoisotopic (exact) mass is 204 g/mol. The summed E-state index contributed by atoms with van der Waals surface area (Å²) in [6.45, 7) is 1.29. The molecule has 1 aromatic rings. The molecule has 0 amide bonds. The van der Waals surface area contributed by atoms with Crippen molar-refractivity contribution in [2.24, 2.45) is 0 Å². The second kappa shape index (κ2) is 3.83. The highest BCUT2D eigenvalue weighted by Gasteiger charge is 2.15. The van der Waals surface area contributed by atoms with Crippen molar-refractivity contribution < 1.29 is 13.6 Å². The van der Waals surface area contributed by atoms with Crippen LogP contribution in [0, 0.1) is 0 Å². The molecule has 0 heterocycles. The summed E-state index contributed by atoms with van der Waals surface area (Å²) in [6.07, 6.45) is -2.65. The van der Waals surface area contributed by atoms with E-state index in [1.807, 2.05) is 0 Å². The van der Waals surface area contributed by atoms with Gasteiger partial charge in [0, 0.05) is 11.1 Å². The predicted octanol–water partition coefficient (Wildman–Crippen LogP) is 3.48. The van der Waals surface area contributed by atoms with Crippen LogP contribution in [-0.2, 0) is 0 Å². The summed E-state index contributed by atoms with van der Waals surface area (Å²) in [5.41, 5.74) is -0.158. The minimum absolute atomic E-state index is 0.138. The van der Waals surface area contributed by atoms with Crippen LogP contribution in [0.1, 0.15) is 29.3 Å². The van der Waals surface area contributed by atoms with Crippen LogP contribution in [-0.4, -0.2) is 5.78 Å². The molecule has 4 heteroatoms. The minimum atomic E-state index is -2.65. The average Bonchev–Trinajstić information content (AvgIpc) is 2.03. The van der Waals surface area contributed by atoms with Crippen LogP contribution >= 0.6 is 11.6 Å². The molecule has 0 aliphatic carbocycles. The Morgan fingerprint density at radius 3 is 2.54 bits per heavy atom. The molecule has 0 unspecified atom stereocenters. The molecule has 0 atom stereocenters. The Morgan fingerprint density at radius 1 is 1.46 bits per heavy atom. The smallest absolute Gasteiger partial charge is 0.265 e. The number of Topliss-reactive ketones (excluding diaryl/α,β-unsaturated/α-hetero) is 1. The third-order valence-electron chi connectivity index (χ3n) is 1.64.